The van der Waals surface area contributed by atoms with Gasteiger partial charge in [-0.2, -0.15) is 0 Å². The first kappa shape index (κ1) is 15.6. The summed E-state index contributed by atoms with van der Waals surface area (Å²) in [6.45, 7) is 3.52. The van der Waals surface area contributed by atoms with Crippen LogP contribution in [-0.2, 0) is 4.74 Å². The van der Waals surface area contributed by atoms with Crippen LogP contribution in [0.5, 0.6) is 0 Å². The molecule has 0 N–H and O–H groups in total. The highest BCUT2D eigenvalue weighted by Crippen LogP contribution is 2.35. The largest absolute Gasteiger partial charge is 0.461 e. The van der Waals surface area contributed by atoms with Gasteiger partial charge in [0.15, 0.2) is 10.9 Å². The van der Waals surface area contributed by atoms with Crippen molar-refractivity contribution >= 4 is 11.8 Å². The third-order valence-corrected chi connectivity index (χ3v) is 4.92. The molecule has 1 aliphatic carbocycles. The zero-order valence-electron chi connectivity index (χ0n) is 13.0. The van der Waals surface area contributed by atoms with Gasteiger partial charge in [0.2, 0.25) is 5.82 Å². The number of ether oxygens (including phenoxy) is 1. The summed E-state index contributed by atoms with van der Waals surface area (Å²) >= 11 is 1.72. The van der Waals surface area contributed by atoms with Crippen LogP contribution in [0.4, 0.5) is 0 Å². The van der Waals surface area contributed by atoms with Gasteiger partial charge in [-0.3, -0.25) is 4.57 Å². The van der Waals surface area contributed by atoms with Crippen molar-refractivity contribution in [2.75, 3.05) is 19.0 Å². The van der Waals surface area contributed by atoms with Gasteiger partial charge in [0.05, 0.1) is 12.9 Å². The van der Waals surface area contributed by atoms with E-state index in [-0.39, 0.29) is 0 Å². The first-order valence-electron chi connectivity index (χ1n) is 8.09. The fourth-order valence-corrected chi connectivity index (χ4v) is 3.81. The minimum atomic E-state index is 0.485. The monoisotopic (exact) mass is 321 g/mol. The molecule has 2 aromatic heterocycles. The zero-order chi connectivity index (χ0) is 15.2. The van der Waals surface area contributed by atoms with Gasteiger partial charge in [-0.15, -0.1) is 10.2 Å². The Morgan fingerprint density at radius 1 is 1.32 bits per heavy atom. The van der Waals surface area contributed by atoms with Crippen LogP contribution >= 0.6 is 11.8 Å². The third kappa shape index (κ3) is 3.55. The van der Waals surface area contributed by atoms with Crippen molar-refractivity contribution in [1.29, 1.82) is 0 Å². The molecule has 6 heteroatoms. The summed E-state index contributed by atoms with van der Waals surface area (Å²) in [6.07, 6.45) is 7.99. The number of hydrogen-bond acceptors (Lipinski definition) is 5. The molecule has 1 aliphatic rings. The van der Waals surface area contributed by atoms with Crippen molar-refractivity contribution in [2.24, 2.45) is 0 Å². The predicted molar refractivity (Wildman–Crippen MR) is 87.1 cm³/mol. The van der Waals surface area contributed by atoms with E-state index in [4.69, 9.17) is 9.15 Å². The van der Waals surface area contributed by atoms with Gasteiger partial charge in [-0.25, -0.2) is 0 Å². The molecule has 1 saturated carbocycles. The Balaban J connectivity index is 1.82. The first-order chi connectivity index (χ1) is 10.9. The van der Waals surface area contributed by atoms with Crippen molar-refractivity contribution in [3.05, 3.63) is 18.4 Å². The molecule has 0 saturated heterocycles. The van der Waals surface area contributed by atoms with Crippen molar-refractivity contribution in [1.82, 2.24) is 14.8 Å². The molecule has 0 aromatic carbocycles. The second-order valence-electron chi connectivity index (χ2n) is 5.49. The average molecular weight is 321 g/mol. The van der Waals surface area contributed by atoms with E-state index in [0.717, 1.165) is 35.7 Å². The van der Waals surface area contributed by atoms with Crippen LogP contribution in [0.1, 0.15) is 45.1 Å². The van der Waals surface area contributed by atoms with Gasteiger partial charge >= 0.3 is 0 Å². The average Bonchev–Trinajstić information content (AvgIpc) is 3.21. The van der Waals surface area contributed by atoms with Crippen LogP contribution in [0.15, 0.2) is 28.0 Å². The maximum atomic E-state index is 5.55. The Morgan fingerprint density at radius 2 is 2.18 bits per heavy atom. The second-order valence-corrected chi connectivity index (χ2v) is 6.55. The number of rotatable bonds is 7. The molecule has 0 amide bonds. The summed E-state index contributed by atoms with van der Waals surface area (Å²) in [5.41, 5.74) is 0. The van der Waals surface area contributed by atoms with Crippen molar-refractivity contribution < 1.29 is 9.15 Å². The lowest BCUT2D eigenvalue weighted by molar-refractivity contribution is 0.164. The lowest BCUT2D eigenvalue weighted by Crippen LogP contribution is -2.15. The molecular weight excluding hydrogens is 298 g/mol. The van der Waals surface area contributed by atoms with Gasteiger partial charge in [0, 0.05) is 18.4 Å². The van der Waals surface area contributed by atoms with E-state index < -0.39 is 0 Å². The number of hydrogen-bond donors (Lipinski definition) is 0. The molecule has 0 bridgehead atoms. The smallest absolute Gasteiger partial charge is 0.200 e. The maximum absolute atomic E-state index is 5.55. The number of aromatic nitrogens is 3. The predicted octanol–water partition coefficient (Wildman–Crippen LogP) is 4.17. The zero-order valence-corrected chi connectivity index (χ0v) is 13.8. The fraction of sp³-hybridized carbons (Fsp3) is 0.625. The minimum Gasteiger partial charge on any atom is -0.461 e. The van der Waals surface area contributed by atoms with Gasteiger partial charge < -0.3 is 9.15 Å². The summed E-state index contributed by atoms with van der Waals surface area (Å²) in [4.78, 5) is 0. The molecule has 2 heterocycles. The Morgan fingerprint density at radius 3 is 2.91 bits per heavy atom. The van der Waals surface area contributed by atoms with Crippen LogP contribution < -0.4 is 0 Å². The Hall–Kier alpha value is -1.27. The molecule has 120 valence electrons. The molecule has 0 aliphatic heterocycles. The van der Waals surface area contributed by atoms with Crippen LogP contribution in [-0.4, -0.2) is 33.7 Å². The molecule has 22 heavy (non-hydrogen) atoms. The number of furan rings is 1. The molecular formula is C16H23N3O2S. The van der Waals surface area contributed by atoms with Gasteiger partial charge in [0.25, 0.3) is 0 Å². The topological polar surface area (TPSA) is 53.1 Å². The van der Waals surface area contributed by atoms with Gasteiger partial charge in [-0.1, -0.05) is 31.0 Å². The van der Waals surface area contributed by atoms with Crippen LogP contribution in [0.3, 0.4) is 0 Å². The molecule has 2 aromatic rings. The maximum Gasteiger partial charge on any atom is 0.200 e. The van der Waals surface area contributed by atoms with Crippen molar-refractivity contribution in [3.8, 4) is 11.6 Å². The van der Waals surface area contributed by atoms with E-state index in [1.807, 2.05) is 19.1 Å². The quantitative estimate of drug-likeness (QED) is 0.566. The molecule has 0 unspecified atom stereocenters. The minimum absolute atomic E-state index is 0.485. The molecule has 5 nitrogen and oxygen atoms in total. The SMILES string of the molecule is CCOCCSc1nnc(-c2ccco2)n1C1CCCCC1. The first-order valence-corrected chi connectivity index (χ1v) is 9.08. The molecule has 0 radical (unpaired) electrons. The summed E-state index contributed by atoms with van der Waals surface area (Å²) in [5.74, 6) is 2.56. The number of thioether (sulfide) groups is 1. The lowest BCUT2D eigenvalue weighted by atomic mass is 9.95. The van der Waals surface area contributed by atoms with E-state index in [0.29, 0.717) is 6.04 Å². The van der Waals surface area contributed by atoms with Gasteiger partial charge in [0.1, 0.15) is 0 Å². The third-order valence-electron chi connectivity index (χ3n) is 4.01. The lowest BCUT2D eigenvalue weighted by Gasteiger charge is -2.25. The van der Waals surface area contributed by atoms with Crippen LogP contribution in [0, 0.1) is 0 Å². The van der Waals surface area contributed by atoms with Crippen molar-refractivity contribution in [2.45, 2.75) is 50.2 Å². The van der Waals surface area contributed by atoms with Crippen LogP contribution in [0.2, 0.25) is 0 Å². The second kappa shape index (κ2) is 7.83. The van der Waals surface area contributed by atoms with E-state index in [1.54, 1.807) is 18.0 Å². The van der Waals surface area contributed by atoms with Crippen molar-refractivity contribution in [3.63, 3.8) is 0 Å². The van der Waals surface area contributed by atoms with E-state index in [1.165, 1.54) is 32.1 Å². The van der Waals surface area contributed by atoms with Crippen LogP contribution in [0.25, 0.3) is 11.6 Å². The summed E-state index contributed by atoms with van der Waals surface area (Å²) in [6, 6.07) is 4.34. The molecule has 3 rings (SSSR count). The van der Waals surface area contributed by atoms with E-state index in [2.05, 4.69) is 14.8 Å². The van der Waals surface area contributed by atoms with Gasteiger partial charge in [-0.05, 0) is 31.9 Å². The normalized spacial score (nSPS) is 16.2. The summed E-state index contributed by atoms with van der Waals surface area (Å²) < 4.78 is 13.3. The Kier molecular flexibility index (Phi) is 5.56. The summed E-state index contributed by atoms with van der Waals surface area (Å²) in [5, 5.41) is 9.78. The van der Waals surface area contributed by atoms with E-state index >= 15 is 0 Å². The molecule has 1 fully saturated rings. The summed E-state index contributed by atoms with van der Waals surface area (Å²) in [7, 11) is 0. The highest BCUT2D eigenvalue weighted by Gasteiger charge is 2.24. The standard InChI is InChI=1S/C16H23N3O2S/c1-2-20-11-12-22-16-18-17-15(14-9-6-10-21-14)19(16)13-7-4-3-5-8-13/h6,9-10,13H,2-5,7-8,11-12H2,1H3. The number of nitrogens with zero attached hydrogens (tertiary/aromatic N) is 3. The highest BCUT2D eigenvalue weighted by atomic mass is 32.2. The highest BCUT2D eigenvalue weighted by molar-refractivity contribution is 7.99. The molecule has 0 atom stereocenters. The Labute approximate surface area is 135 Å². The van der Waals surface area contributed by atoms with E-state index in [9.17, 15) is 0 Å². The molecule has 0 spiro atoms. The fourth-order valence-electron chi connectivity index (χ4n) is 2.95. The Bertz CT molecular complexity index is 562.